The number of rotatable bonds is 6. The van der Waals surface area contributed by atoms with Gasteiger partial charge in [0.1, 0.15) is 0 Å². The summed E-state index contributed by atoms with van der Waals surface area (Å²) in [6.07, 6.45) is -0.546. The molecule has 5 heteroatoms. The van der Waals surface area contributed by atoms with Gasteiger partial charge in [0.05, 0.1) is 6.10 Å². The van der Waals surface area contributed by atoms with Crippen LogP contribution in [0, 0.1) is 5.92 Å². The van der Waals surface area contributed by atoms with Crippen molar-refractivity contribution in [2.45, 2.75) is 20.0 Å². The van der Waals surface area contributed by atoms with Gasteiger partial charge in [-0.05, 0) is 7.05 Å². The first-order valence-corrected chi connectivity index (χ1v) is 4.81. The lowest BCUT2D eigenvalue weighted by Crippen LogP contribution is -2.43. The van der Waals surface area contributed by atoms with E-state index in [4.69, 9.17) is 0 Å². The van der Waals surface area contributed by atoms with E-state index in [0.717, 1.165) is 0 Å². The maximum absolute atomic E-state index is 11.2. The molecule has 0 aromatic heterocycles. The van der Waals surface area contributed by atoms with Crippen molar-refractivity contribution in [3.8, 4) is 0 Å². The monoisotopic (exact) mass is 203 g/mol. The quantitative estimate of drug-likeness (QED) is 0.494. The Labute approximate surface area is 85.4 Å². The standard InChI is InChI=1S/C9H21N3O2/c1-7(2)9(14)11-5-8(13)6-12(4)10-3/h7-8,10,13H,5-6H2,1-4H3,(H,11,14). The second-order valence-electron chi connectivity index (χ2n) is 3.66. The van der Waals surface area contributed by atoms with Gasteiger partial charge in [0.2, 0.25) is 5.91 Å². The smallest absolute Gasteiger partial charge is 0.222 e. The molecule has 1 atom stereocenters. The van der Waals surface area contributed by atoms with Crippen LogP contribution in [0.2, 0.25) is 0 Å². The lowest BCUT2D eigenvalue weighted by molar-refractivity contribution is -0.124. The average molecular weight is 203 g/mol. The predicted molar refractivity (Wildman–Crippen MR) is 55.5 cm³/mol. The number of likely N-dealkylation sites (N-methyl/N-ethyl adjacent to an activating group) is 1. The highest BCUT2D eigenvalue weighted by molar-refractivity contribution is 5.77. The Balaban J connectivity index is 3.63. The Kier molecular flexibility index (Phi) is 6.44. The molecule has 5 nitrogen and oxygen atoms in total. The van der Waals surface area contributed by atoms with Gasteiger partial charge in [-0.15, -0.1) is 0 Å². The molecule has 0 saturated heterocycles. The van der Waals surface area contributed by atoms with E-state index in [2.05, 4.69) is 10.7 Å². The van der Waals surface area contributed by atoms with E-state index in [1.807, 2.05) is 20.9 Å². The van der Waals surface area contributed by atoms with Crippen LogP contribution in [0.25, 0.3) is 0 Å². The highest BCUT2D eigenvalue weighted by Crippen LogP contribution is 1.91. The van der Waals surface area contributed by atoms with Crippen LogP contribution in [0.1, 0.15) is 13.8 Å². The third kappa shape index (κ3) is 5.90. The SMILES string of the molecule is CNN(C)CC(O)CNC(=O)C(C)C. The highest BCUT2D eigenvalue weighted by atomic mass is 16.3. The van der Waals surface area contributed by atoms with Gasteiger partial charge in [0.15, 0.2) is 0 Å². The van der Waals surface area contributed by atoms with Crippen molar-refractivity contribution >= 4 is 5.91 Å². The zero-order valence-corrected chi connectivity index (χ0v) is 9.37. The number of carbonyl (C=O) groups is 1. The first-order valence-electron chi connectivity index (χ1n) is 4.81. The van der Waals surface area contributed by atoms with Crippen LogP contribution in [0.3, 0.4) is 0 Å². The fourth-order valence-electron chi connectivity index (χ4n) is 0.894. The molecule has 3 N–H and O–H groups in total. The predicted octanol–water partition coefficient (Wildman–Crippen LogP) is -0.814. The van der Waals surface area contributed by atoms with E-state index in [0.29, 0.717) is 13.1 Å². The minimum absolute atomic E-state index is 0.0313. The molecule has 0 spiro atoms. The Hall–Kier alpha value is -0.650. The summed E-state index contributed by atoms with van der Waals surface area (Å²) in [5.41, 5.74) is 2.87. The van der Waals surface area contributed by atoms with Gasteiger partial charge in [0.25, 0.3) is 0 Å². The molecule has 1 unspecified atom stereocenters. The van der Waals surface area contributed by atoms with Crippen LogP contribution >= 0.6 is 0 Å². The van der Waals surface area contributed by atoms with Crippen LogP contribution in [-0.2, 0) is 4.79 Å². The lowest BCUT2D eigenvalue weighted by atomic mass is 10.2. The Morgan fingerprint density at radius 2 is 2.07 bits per heavy atom. The largest absolute Gasteiger partial charge is 0.390 e. The van der Waals surface area contributed by atoms with Crippen LogP contribution in [0.4, 0.5) is 0 Å². The number of nitrogens with one attached hydrogen (secondary N) is 2. The number of carbonyl (C=O) groups excluding carboxylic acids is 1. The molecule has 84 valence electrons. The maximum atomic E-state index is 11.2. The molecular weight excluding hydrogens is 182 g/mol. The number of nitrogens with zero attached hydrogens (tertiary/aromatic N) is 1. The molecule has 1 amide bonds. The number of aliphatic hydroxyl groups is 1. The lowest BCUT2D eigenvalue weighted by Gasteiger charge is -2.19. The first kappa shape index (κ1) is 13.4. The van der Waals surface area contributed by atoms with Crippen molar-refractivity contribution in [2.75, 3.05) is 27.2 Å². The number of hydrogen-bond acceptors (Lipinski definition) is 4. The van der Waals surface area contributed by atoms with Gasteiger partial charge >= 0.3 is 0 Å². The summed E-state index contributed by atoms with van der Waals surface area (Å²) >= 11 is 0. The van der Waals surface area contributed by atoms with Gasteiger partial charge in [-0.25, -0.2) is 5.01 Å². The molecule has 0 aliphatic carbocycles. The Morgan fingerprint density at radius 3 is 2.50 bits per heavy atom. The van der Waals surface area contributed by atoms with Crippen molar-refractivity contribution in [1.29, 1.82) is 0 Å². The minimum Gasteiger partial charge on any atom is -0.390 e. The fraction of sp³-hybridized carbons (Fsp3) is 0.889. The molecule has 0 aliphatic rings. The molecule has 0 aromatic carbocycles. The second-order valence-corrected chi connectivity index (χ2v) is 3.66. The summed E-state index contributed by atoms with van der Waals surface area (Å²) in [5.74, 6) is -0.0691. The molecule has 0 aromatic rings. The first-order chi connectivity index (χ1) is 6.47. The molecule has 14 heavy (non-hydrogen) atoms. The Bertz CT molecular complexity index is 173. The van der Waals surface area contributed by atoms with E-state index in [1.165, 1.54) is 0 Å². The molecule has 0 radical (unpaired) electrons. The number of aliphatic hydroxyl groups excluding tert-OH is 1. The summed E-state index contributed by atoms with van der Waals surface area (Å²) < 4.78 is 0. The van der Waals surface area contributed by atoms with Crippen LogP contribution in [0.5, 0.6) is 0 Å². The maximum Gasteiger partial charge on any atom is 0.222 e. The van der Waals surface area contributed by atoms with Gasteiger partial charge in [-0.2, -0.15) is 0 Å². The third-order valence-corrected chi connectivity index (χ3v) is 1.90. The van der Waals surface area contributed by atoms with Gasteiger partial charge in [-0.3, -0.25) is 10.2 Å². The van der Waals surface area contributed by atoms with Crippen LogP contribution < -0.4 is 10.7 Å². The van der Waals surface area contributed by atoms with Crippen molar-refractivity contribution in [1.82, 2.24) is 15.8 Å². The van der Waals surface area contributed by atoms with Gasteiger partial charge in [0, 0.05) is 26.1 Å². The molecule has 0 rings (SSSR count). The van der Waals surface area contributed by atoms with Crippen LogP contribution in [0.15, 0.2) is 0 Å². The number of hydrazine groups is 1. The third-order valence-electron chi connectivity index (χ3n) is 1.90. The summed E-state index contributed by atoms with van der Waals surface area (Å²) in [5, 5.41) is 13.9. The fourth-order valence-corrected chi connectivity index (χ4v) is 0.894. The topological polar surface area (TPSA) is 64.6 Å². The number of hydrogen-bond donors (Lipinski definition) is 3. The van der Waals surface area contributed by atoms with E-state index < -0.39 is 6.10 Å². The van der Waals surface area contributed by atoms with E-state index >= 15 is 0 Å². The summed E-state index contributed by atoms with van der Waals surface area (Å²) in [6.45, 7) is 4.42. The average Bonchev–Trinajstić information content (AvgIpc) is 2.13. The Morgan fingerprint density at radius 1 is 1.50 bits per heavy atom. The van der Waals surface area contributed by atoms with Crippen molar-refractivity contribution < 1.29 is 9.90 Å². The molecule has 0 saturated carbocycles. The van der Waals surface area contributed by atoms with Crippen molar-refractivity contribution in [3.05, 3.63) is 0 Å². The molecule has 0 fully saturated rings. The van der Waals surface area contributed by atoms with Crippen LogP contribution in [-0.4, -0.2) is 49.3 Å². The highest BCUT2D eigenvalue weighted by Gasteiger charge is 2.10. The van der Waals surface area contributed by atoms with Gasteiger partial charge < -0.3 is 10.4 Å². The van der Waals surface area contributed by atoms with E-state index in [9.17, 15) is 9.90 Å². The number of amides is 1. The van der Waals surface area contributed by atoms with E-state index in [-0.39, 0.29) is 11.8 Å². The normalized spacial score (nSPS) is 13.4. The van der Waals surface area contributed by atoms with E-state index in [1.54, 1.807) is 12.1 Å². The summed E-state index contributed by atoms with van der Waals surface area (Å²) in [6, 6.07) is 0. The minimum atomic E-state index is -0.546. The zero-order valence-electron chi connectivity index (χ0n) is 9.37. The zero-order chi connectivity index (χ0) is 11.1. The molecule has 0 aliphatic heterocycles. The molecular formula is C9H21N3O2. The van der Waals surface area contributed by atoms with Gasteiger partial charge in [-0.1, -0.05) is 13.8 Å². The van der Waals surface area contributed by atoms with Crippen molar-refractivity contribution in [3.63, 3.8) is 0 Å². The molecule has 0 heterocycles. The second kappa shape index (κ2) is 6.75. The summed E-state index contributed by atoms with van der Waals surface area (Å²) in [4.78, 5) is 11.2. The summed E-state index contributed by atoms with van der Waals surface area (Å²) in [7, 11) is 3.60. The molecule has 0 bridgehead atoms. The van der Waals surface area contributed by atoms with Crippen molar-refractivity contribution in [2.24, 2.45) is 5.92 Å².